The Hall–Kier alpha value is -2.29. The number of ether oxygens (including phenoxy) is 1. The Balaban J connectivity index is 1.51. The molecule has 1 aliphatic heterocycles. The maximum atomic E-state index is 11.6. The third kappa shape index (κ3) is 3.73. The van der Waals surface area contributed by atoms with Crippen LogP contribution in [0.2, 0.25) is 0 Å². The van der Waals surface area contributed by atoms with E-state index in [1.165, 1.54) is 47.2 Å². The molecule has 1 fully saturated rings. The van der Waals surface area contributed by atoms with Crippen molar-refractivity contribution in [3.63, 3.8) is 0 Å². The third-order valence-electron chi connectivity index (χ3n) is 6.18. The third-order valence-corrected chi connectivity index (χ3v) is 6.18. The number of anilines is 1. The fraction of sp³-hybridized carbons (Fsp3) is 0.458. The zero-order valence-electron chi connectivity index (χ0n) is 16.3. The summed E-state index contributed by atoms with van der Waals surface area (Å²) in [7, 11) is 0. The van der Waals surface area contributed by atoms with E-state index in [0.717, 1.165) is 6.42 Å². The normalized spacial score (nSPS) is 23.3. The molecule has 0 radical (unpaired) electrons. The van der Waals surface area contributed by atoms with Gasteiger partial charge in [0.2, 0.25) is 0 Å². The van der Waals surface area contributed by atoms with Crippen molar-refractivity contribution in [3.8, 4) is 0 Å². The van der Waals surface area contributed by atoms with Gasteiger partial charge in [-0.25, -0.2) is 0 Å². The van der Waals surface area contributed by atoms with Gasteiger partial charge in [0, 0.05) is 12.1 Å². The number of benzene rings is 2. The van der Waals surface area contributed by atoms with Crippen molar-refractivity contribution in [2.45, 2.75) is 57.9 Å². The molecule has 142 valence electrons. The summed E-state index contributed by atoms with van der Waals surface area (Å²) in [5.41, 5.74) is 6.73. The summed E-state index contributed by atoms with van der Waals surface area (Å²) in [5.74, 6) is 1.23. The first-order valence-corrected chi connectivity index (χ1v) is 10.3. The Morgan fingerprint density at radius 3 is 2.74 bits per heavy atom. The molecule has 2 aromatic carbocycles. The van der Waals surface area contributed by atoms with Crippen LogP contribution in [0.5, 0.6) is 0 Å². The lowest BCUT2D eigenvalue weighted by molar-refractivity contribution is -0.143. The lowest BCUT2D eigenvalue weighted by atomic mass is 9.77. The second kappa shape index (κ2) is 7.75. The molecule has 1 saturated carbocycles. The number of rotatable bonds is 5. The lowest BCUT2D eigenvalue weighted by Gasteiger charge is -2.38. The highest BCUT2D eigenvalue weighted by molar-refractivity contribution is 5.69. The van der Waals surface area contributed by atoms with Crippen LogP contribution >= 0.6 is 0 Å². The predicted octanol–water partition coefficient (Wildman–Crippen LogP) is 5.54. The fourth-order valence-electron chi connectivity index (χ4n) is 4.87. The second-order valence-electron chi connectivity index (χ2n) is 7.96. The van der Waals surface area contributed by atoms with Crippen molar-refractivity contribution >= 4 is 11.7 Å². The first kappa shape index (κ1) is 18.1. The second-order valence-corrected chi connectivity index (χ2v) is 7.96. The standard InChI is InChI=1S/C24H29NO2/c1-3-27-23(26)14-10-17-8-11-18(12-9-17)24-20-6-4-5-19(20)21-15-16(2)7-13-22(21)25-24/h7-9,11-13,15,19-20,24-25H,3-6,10,14H2,1-2H3/t19-,20+,24-/m1/s1. The number of esters is 1. The van der Waals surface area contributed by atoms with E-state index in [1.54, 1.807) is 0 Å². The number of carbonyl (C=O) groups is 1. The van der Waals surface area contributed by atoms with Gasteiger partial charge < -0.3 is 10.1 Å². The molecule has 2 aliphatic rings. The molecule has 3 atom stereocenters. The summed E-state index contributed by atoms with van der Waals surface area (Å²) >= 11 is 0. The van der Waals surface area contributed by atoms with Gasteiger partial charge in [0.05, 0.1) is 12.6 Å². The van der Waals surface area contributed by atoms with E-state index in [1.807, 2.05) is 6.92 Å². The van der Waals surface area contributed by atoms with Gasteiger partial charge in [0.15, 0.2) is 0 Å². The van der Waals surface area contributed by atoms with Crippen LogP contribution in [0.4, 0.5) is 5.69 Å². The monoisotopic (exact) mass is 363 g/mol. The number of hydrogen-bond acceptors (Lipinski definition) is 3. The molecule has 27 heavy (non-hydrogen) atoms. The number of carbonyl (C=O) groups excluding carboxylic acids is 1. The quantitative estimate of drug-likeness (QED) is 0.709. The van der Waals surface area contributed by atoms with E-state index in [9.17, 15) is 4.79 Å². The van der Waals surface area contributed by atoms with Gasteiger partial charge in [-0.05, 0) is 67.7 Å². The molecule has 3 nitrogen and oxygen atoms in total. The van der Waals surface area contributed by atoms with E-state index >= 15 is 0 Å². The molecule has 0 unspecified atom stereocenters. The van der Waals surface area contributed by atoms with Crippen LogP contribution in [-0.4, -0.2) is 12.6 Å². The molecule has 3 heteroatoms. The SMILES string of the molecule is CCOC(=O)CCc1ccc([C@H]2Nc3ccc(C)cc3[C@@H]3CCC[C@H]23)cc1. The molecule has 0 aromatic heterocycles. The highest BCUT2D eigenvalue weighted by atomic mass is 16.5. The van der Waals surface area contributed by atoms with Crippen molar-refractivity contribution in [2.24, 2.45) is 5.92 Å². The molecule has 1 N–H and O–H groups in total. The van der Waals surface area contributed by atoms with Gasteiger partial charge in [-0.2, -0.15) is 0 Å². The number of aryl methyl sites for hydroxylation is 2. The van der Waals surface area contributed by atoms with Gasteiger partial charge in [-0.15, -0.1) is 0 Å². The van der Waals surface area contributed by atoms with Gasteiger partial charge >= 0.3 is 5.97 Å². The fourth-order valence-corrected chi connectivity index (χ4v) is 4.87. The molecule has 0 amide bonds. The summed E-state index contributed by atoms with van der Waals surface area (Å²) in [4.78, 5) is 11.6. The lowest BCUT2D eigenvalue weighted by Crippen LogP contribution is -2.28. The molecule has 4 rings (SSSR count). The molecule has 0 bridgehead atoms. The average Bonchev–Trinajstić information content (AvgIpc) is 3.17. The minimum Gasteiger partial charge on any atom is -0.466 e. The van der Waals surface area contributed by atoms with Crippen LogP contribution in [0.3, 0.4) is 0 Å². The van der Waals surface area contributed by atoms with Gasteiger partial charge in [-0.1, -0.05) is 48.4 Å². The van der Waals surface area contributed by atoms with Gasteiger partial charge in [-0.3, -0.25) is 4.79 Å². The van der Waals surface area contributed by atoms with E-state index in [2.05, 4.69) is 54.7 Å². The maximum Gasteiger partial charge on any atom is 0.306 e. The Morgan fingerprint density at radius 1 is 1.15 bits per heavy atom. The molecule has 1 heterocycles. The van der Waals surface area contributed by atoms with Gasteiger partial charge in [0.1, 0.15) is 0 Å². The molecule has 0 saturated heterocycles. The Labute approximate surface area is 162 Å². The van der Waals surface area contributed by atoms with Crippen molar-refractivity contribution in [1.82, 2.24) is 0 Å². The van der Waals surface area contributed by atoms with Crippen LogP contribution in [0.25, 0.3) is 0 Å². The van der Waals surface area contributed by atoms with Crippen molar-refractivity contribution < 1.29 is 9.53 Å². The van der Waals surface area contributed by atoms with E-state index in [4.69, 9.17) is 4.74 Å². The van der Waals surface area contributed by atoms with Crippen LogP contribution < -0.4 is 5.32 Å². The number of hydrogen-bond donors (Lipinski definition) is 1. The zero-order chi connectivity index (χ0) is 18.8. The first-order chi connectivity index (χ1) is 13.2. The zero-order valence-corrected chi connectivity index (χ0v) is 16.3. The first-order valence-electron chi connectivity index (χ1n) is 10.3. The summed E-state index contributed by atoms with van der Waals surface area (Å²) < 4.78 is 5.02. The Bertz CT molecular complexity index is 812. The number of fused-ring (bicyclic) bond motifs is 3. The summed E-state index contributed by atoms with van der Waals surface area (Å²) in [5, 5.41) is 3.82. The molecule has 2 aromatic rings. The Morgan fingerprint density at radius 2 is 1.96 bits per heavy atom. The van der Waals surface area contributed by atoms with Crippen LogP contribution in [0, 0.1) is 12.8 Å². The van der Waals surface area contributed by atoms with Gasteiger partial charge in [0.25, 0.3) is 0 Å². The molecular formula is C24H29NO2. The van der Waals surface area contributed by atoms with Crippen LogP contribution in [0.1, 0.15) is 66.8 Å². The van der Waals surface area contributed by atoms with E-state index < -0.39 is 0 Å². The van der Waals surface area contributed by atoms with Crippen molar-refractivity contribution in [2.75, 3.05) is 11.9 Å². The summed E-state index contributed by atoms with van der Waals surface area (Å²) in [6, 6.07) is 16.0. The highest BCUT2D eigenvalue weighted by Gasteiger charge is 2.40. The average molecular weight is 364 g/mol. The Kier molecular flexibility index (Phi) is 5.20. The largest absolute Gasteiger partial charge is 0.466 e. The van der Waals surface area contributed by atoms with Crippen molar-refractivity contribution in [3.05, 3.63) is 64.7 Å². The van der Waals surface area contributed by atoms with Crippen molar-refractivity contribution in [1.29, 1.82) is 0 Å². The minimum atomic E-state index is -0.115. The maximum absolute atomic E-state index is 11.6. The van der Waals surface area contributed by atoms with Crippen LogP contribution in [0.15, 0.2) is 42.5 Å². The molecule has 1 aliphatic carbocycles. The highest BCUT2D eigenvalue weighted by Crippen LogP contribution is 2.52. The van der Waals surface area contributed by atoms with E-state index in [-0.39, 0.29) is 5.97 Å². The summed E-state index contributed by atoms with van der Waals surface area (Å²) in [6.45, 7) is 4.49. The molecule has 0 spiro atoms. The topological polar surface area (TPSA) is 38.3 Å². The smallest absolute Gasteiger partial charge is 0.306 e. The van der Waals surface area contributed by atoms with Crippen LogP contribution in [-0.2, 0) is 16.0 Å². The number of nitrogens with one attached hydrogen (secondary N) is 1. The predicted molar refractivity (Wildman–Crippen MR) is 109 cm³/mol. The van der Waals surface area contributed by atoms with E-state index in [0.29, 0.717) is 30.9 Å². The minimum absolute atomic E-state index is 0.115. The summed E-state index contributed by atoms with van der Waals surface area (Å²) in [6.07, 6.45) is 5.10. The molecular weight excluding hydrogens is 334 g/mol.